The number of hydrogen-bond acceptors (Lipinski definition) is 5. The van der Waals surface area contributed by atoms with Crippen LogP contribution in [-0.2, 0) is 0 Å². The smallest absolute Gasteiger partial charge is 0.254 e. The average molecular weight is 392 g/mol. The summed E-state index contributed by atoms with van der Waals surface area (Å²) in [4.78, 5) is 16.6. The Morgan fingerprint density at radius 1 is 1.11 bits per heavy atom. The molecule has 1 saturated heterocycles. The second-order valence-corrected chi connectivity index (χ2v) is 8.42. The highest BCUT2D eigenvalue weighted by Gasteiger charge is 2.40. The molecule has 2 bridgehead atoms. The minimum absolute atomic E-state index is 0.115. The number of tetrazole rings is 1. The largest absolute Gasteiger partial charge is 0.335 e. The van der Waals surface area contributed by atoms with E-state index in [0.29, 0.717) is 17.5 Å². The molecule has 2 aliphatic rings. The van der Waals surface area contributed by atoms with Gasteiger partial charge in [0.2, 0.25) is 0 Å². The summed E-state index contributed by atoms with van der Waals surface area (Å²) >= 11 is 1.71. The maximum Gasteiger partial charge on any atom is 0.254 e. The molecule has 6 nitrogen and oxygen atoms in total. The zero-order chi connectivity index (χ0) is 19.1. The molecule has 1 aliphatic carbocycles. The molecule has 2 atom stereocenters. The van der Waals surface area contributed by atoms with E-state index in [4.69, 9.17) is 0 Å². The van der Waals surface area contributed by atoms with Crippen LogP contribution in [0.15, 0.2) is 53.7 Å². The van der Waals surface area contributed by atoms with Gasteiger partial charge in [-0.25, -0.2) is 4.68 Å². The molecule has 0 N–H and O–H groups in total. The second kappa shape index (κ2) is 7.05. The van der Waals surface area contributed by atoms with Gasteiger partial charge in [0.05, 0.1) is 5.69 Å². The van der Waals surface area contributed by atoms with Gasteiger partial charge in [-0.1, -0.05) is 12.1 Å². The molecule has 1 amide bonds. The number of piperidine rings is 1. The van der Waals surface area contributed by atoms with Crippen LogP contribution in [0.25, 0.3) is 16.8 Å². The summed E-state index contributed by atoms with van der Waals surface area (Å²) in [6, 6.07) is 14.7. The summed E-state index contributed by atoms with van der Waals surface area (Å²) in [6.07, 6.45) is 7.16. The van der Waals surface area contributed by atoms with E-state index in [2.05, 4.69) is 50.9 Å². The van der Waals surface area contributed by atoms with Crippen molar-refractivity contribution in [2.45, 2.75) is 30.2 Å². The van der Waals surface area contributed by atoms with Crippen LogP contribution in [0.1, 0.15) is 29.6 Å². The number of nitrogens with zero attached hydrogens (tertiary/aromatic N) is 5. The Kier molecular flexibility index (Phi) is 4.39. The summed E-state index contributed by atoms with van der Waals surface area (Å²) in [7, 11) is 0. The second-order valence-electron chi connectivity index (χ2n) is 7.54. The zero-order valence-electron chi connectivity index (χ0n) is 15.7. The number of likely N-dealkylation sites (tertiary alicyclic amines) is 1. The summed E-state index contributed by atoms with van der Waals surface area (Å²) < 4.78 is 1.60. The zero-order valence-corrected chi connectivity index (χ0v) is 16.5. The number of hydrogen-bond donors (Lipinski definition) is 0. The Bertz CT molecular complexity index is 1000. The summed E-state index contributed by atoms with van der Waals surface area (Å²) in [5, 5.41) is 11.5. The quantitative estimate of drug-likeness (QED) is 0.635. The molecule has 142 valence electrons. The Labute approximate surface area is 167 Å². The fourth-order valence-electron chi connectivity index (χ4n) is 4.44. The molecule has 28 heavy (non-hydrogen) atoms. The number of fused-ring (bicyclic) bond motifs is 2. The van der Waals surface area contributed by atoms with Gasteiger partial charge in [0.15, 0.2) is 0 Å². The van der Waals surface area contributed by atoms with Gasteiger partial charge in [0, 0.05) is 23.0 Å². The Balaban J connectivity index is 1.56. The van der Waals surface area contributed by atoms with E-state index >= 15 is 0 Å². The first-order valence-electron chi connectivity index (χ1n) is 9.55. The molecule has 2 heterocycles. The fraction of sp³-hybridized carbons (Fsp3) is 0.333. The predicted molar refractivity (Wildman–Crippen MR) is 109 cm³/mol. The average Bonchev–Trinajstić information content (AvgIpc) is 3.51. The fourth-order valence-corrected chi connectivity index (χ4v) is 4.84. The summed E-state index contributed by atoms with van der Waals surface area (Å²) in [5.41, 5.74) is 3.56. The van der Waals surface area contributed by atoms with Gasteiger partial charge in [-0.05, 0) is 83.3 Å². The van der Waals surface area contributed by atoms with Crippen LogP contribution in [0.2, 0.25) is 0 Å². The lowest BCUT2D eigenvalue weighted by molar-refractivity contribution is 0.0703. The molecule has 2 fully saturated rings. The molecular weight excluding hydrogens is 370 g/mol. The number of rotatable bonds is 4. The van der Waals surface area contributed by atoms with E-state index in [9.17, 15) is 4.79 Å². The lowest BCUT2D eigenvalue weighted by atomic mass is 10.0. The highest BCUT2D eigenvalue weighted by atomic mass is 32.2. The topological polar surface area (TPSA) is 63.9 Å². The van der Waals surface area contributed by atoms with E-state index in [1.54, 1.807) is 22.8 Å². The minimum atomic E-state index is 0.115. The van der Waals surface area contributed by atoms with E-state index < -0.39 is 0 Å². The first-order chi connectivity index (χ1) is 13.7. The van der Waals surface area contributed by atoms with Gasteiger partial charge in [-0.2, -0.15) is 0 Å². The molecular formula is C21H21N5OS. The van der Waals surface area contributed by atoms with Crippen LogP contribution in [0.3, 0.4) is 0 Å². The maximum atomic E-state index is 13.3. The van der Waals surface area contributed by atoms with Crippen molar-refractivity contribution in [2.75, 3.05) is 12.8 Å². The molecule has 2 aromatic carbocycles. The SMILES string of the molecule is CSc1ccc(-c2cc(C(=O)N3C[C@H]4CC[C@@H]3C4)cc(-n3cnnn3)c2)cc1. The molecule has 3 aromatic rings. The van der Waals surface area contributed by atoms with Crippen molar-refractivity contribution in [2.24, 2.45) is 5.92 Å². The van der Waals surface area contributed by atoms with E-state index in [1.807, 2.05) is 18.2 Å². The van der Waals surface area contributed by atoms with Crippen LogP contribution >= 0.6 is 11.8 Å². The molecule has 1 aliphatic heterocycles. The first-order valence-corrected chi connectivity index (χ1v) is 10.8. The molecule has 7 heteroatoms. The summed E-state index contributed by atoms with van der Waals surface area (Å²) in [6.45, 7) is 0.885. The van der Waals surface area contributed by atoms with Crippen molar-refractivity contribution >= 4 is 17.7 Å². The molecule has 0 radical (unpaired) electrons. The van der Waals surface area contributed by atoms with Crippen molar-refractivity contribution in [3.05, 3.63) is 54.4 Å². The highest BCUT2D eigenvalue weighted by Crippen LogP contribution is 2.38. The number of carbonyl (C=O) groups excluding carboxylic acids is 1. The lowest BCUT2D eigenvalue weighted by Gasteiger charge is -2.27. The van der Waals surface area contributed by atoms with Crippen molar-refractivity contribution in [1.29, 1.82) is 0 Å². The third-order valence-corrected chi connectivity index (χ3v) is 6.62. The van der Waals surface area contributed by atoms with E-state index in [1.165, 1.54) is 11.3 Å². The standard InChI is InChI=1S/C21H21N5OS/c1-28-20-6-3-15(4-7-20)16-9-17(11-19(10-16)26-13-22-23-24-26)21(27)25-12-14-2-5-18(25)8-14/h3-4,6-7,9-11,13-14,18H,2,5,8,12H2,1H3/t14-,18+/m0/s1. The number of benzene rings is 2. The molecule has 1 aromatic heterocycles. The highest BCUT2D eigenvalue weighted by molar-refractivity contribution is 7.98. The monoisotopic (exact) mass is 391 g/mol. The maximum absolute atomic E-state index is 13.3. The number of carbonyl (C=O) groups is 1. The summed E-state index contributed by atoms with van der Waals surface area (Å²) in [5.74, 6) is 0.791. The Hall–Kier alpha value is -2.67. The number of thioether (sulfide) groups is 1. The normalized spacial score (nSPS) is 20.7. The van der Waals surface area contributed by atoms with Crippen molar-refractivity contribution in [3.63, 3.8) is 0 Å². The van der Waals surface area contributed by atoms with Crippen molar-refractivity contribution < 1.29 is 4.79 Å². The van der Waals surface area contributed by atoms with E-state index in [-0.39, 0.29) is 5.91 Å². The van der Waals surface area contributed by atoms with Gasteiger partial charge in [0.25, 0.3) is 5.91 Å². The van der Waals surface area contributed by atoms with Crippen LogP contribution in [-0.4, -0.2) is 49.9 Å². The minimum Gasteiger partial charge on any atom is -0.335 e. The Morgan fingerprint density at radius 3 is 2.61 bits per heavy atom. The van der Waals surface area contributed by atoms with Crippen LogP contribution in [0.4, 0.5) is 0 Å². The van der Waals surface area contributed by atoms with Gasteiger partial charge < -0.3 is 4.90 Å². The number of amides is 1. The van der Waals surface area contributed by atoms with Crippen LogP contribution < -0.4 is 0 Å². The van der Waals surface area contributed by atoms with Gasteiger partial charge in [0.1, 0.15) is 6.33 Å². The van der Waals surface area contributed by atoms with Crippen LogP contribution in [0.5, 0.6) is 0 Å². The van der Waals surface area contributed by atoms with Gasteiger partial charge in [-0.3, -0.25) is 4.79 Å². The molecule has 5 rings (SSSR count). The number of aromatic nitrogens is 4. The third-order valence-electron chi connectivity index (χ3n) is 5.87. The third kappa shape index (κ3) is 3.09. The van der Waals surface area contributed by atoms with Crippen molar-refractivity contribution in [3.8, 4) is 16.8 Å². The predicted octanol–water partition coefficient (Wildman–Crippen LogP) is 3.68. The first kappa shape index (κ1) is 17.4. The molecule has 0 spiro atoms. The van der Waals surface area contributed by atoms with Gasteiger partial charge in [-0.15, -0.1) is 16.9 Å². The van der Waals surface area contributed by atoms with Crippen LogP contribution in [0, 0.1) is 5.92 Å². The van der Waals surface area contributed by atoms with E-state index in [0.717, 1.165) is 36.2 Å². The van der Waals surface area contributed by atoms with Gasteiger partial charge >= 0.3 is 0 Å². The molecule has 1 saturated carbocycles. The Morgan fingerprint density at radius 2 is 1.96 bits per heavy atom. The van der Waals surface area contributed by atoms with Crippen molar-refractivity contribution in [1.82, 2.24) is 25.1 Å². The molecule has 0 unspecified atom stereocenters. The lowest BCUT2D eigenvalue weighted by Crippen LogP contribution is -2.37.